The van der Waals surface area contributed by atoms with Crippen LogP contribution in [0.5, 0.6) is 11.5 Å². The number of urea groups is 1. The third kappa shape index (κ3) is 4.18. The molecule has 0 bridgehead atoms. The fourth-order valence-electron chi connectivity index (χ4n) is 5.94. The van der Waals surface area contributed by atoms with E-state index >= 15 is 0 Å². The van der Waals surface area contributed by atoms with Crippen LogP contribution in [-0.4, -0.2) is 38.7 Å². The molecule has 0 unspecified atom stereocenters. The first-order valence-corrected chi connectivity index (χ1v) is 13.9. The van der Waals surface area contributed by atoms with Crippen LogP contribution in [-0.2, 0) is 0 Å². The van der Waals surface area contributed by atoms with Crippen LogP contribution in [0.2, 0.25) is 0 Å². The first-order chi connectivity index (χ1) is 20.2. The number of aromatic amines is 1. The lowest BCUT2D eigenvalue weighted by atomic mass is 9.77. The molecule has 1 aliphatic carbocycles. The number of carbonyl (C=O) groups is 2. The van der Waals surface area contributed by atoms with Gasteiger partial charge >= 0.3 is 6.03 Å². The van der Waals surface area contributed by atoms with Gasteiger partial charge in [-0.25, -0.2) is 13.9 Å². The minimum Gasteiger partial charge on any atom is -0.454 e. The minimum absolute atomic E-state index is 0.0812. The van der Waals surface area contributed by atoms with Crippen molar-refractivity contribution < 1.29 is 18.7 Å². The van der Waals surface area contributed by atoms with Gasteiger partial charge in [-0.15, -0.1) is 0 Å². The van der Waals surface area contributed by atoms with Crippen LogP contribution in [0.25, 0.3) is 16.6 Å². The summed E-state index contributed by atoms with van der Waals surface area (Å²) in [6, 6.07) is 17.0. The molecule has 3 aromatic carbocycles. The Labute approximate surface area is 241 Å². The van der Waals surface area contributed by atoms with Crippen molar-refractivity contribution in [3.05, 3.63) is 95.1 Å². The zero-order valence-electron chi connectivity index (χ0n) is 23.2. The Bertz CT molecular complexity index is 1900. The van der Waals surface area contributed by atoms with E-state index in [-0.39, 0.29) is 34.5 Å². The van der Waals surface area contributed by atoms with Crippen molar-refractivity contribution in [1.29, 1.82) is 0 Å². The predicted octanol–water partition coefficient (Wildman–Crippen LogP) is 6.17. The highest BCUT2D eigenvalue weighted by Crippen LogP contribution is 2.39. The molecule has 9 nitrogen and oxygen atoms in total. The molecule has 212 valence electrons. The maximum Gasteiger partial charge on any atom is 0.322 e. The van der Waals surface area contributed by atoms with Crippen LogP contribution in [0.4, 0.5) is 20.7 Å². The lowest BCUT2D eigenvalue weighted by Gasteiger charge is -2.37. The number of hydrogen-bond acceptors (Lipinski definition) is 5. The van der Waals surface area contributed by atoms with Gasteiger partial charge in [-0.1, -0.05) is 12.1 Å². The van der Waals surface area contributed by atoms with E-state index in [1.807, 2.05) is 26.0 Å². The molecule has 1 spiro atoms. The monoisotopic (exact) mass is 564 g/mol. The lowest BCUT2D eigenvalue weighted by Crippen LogP contribution is -2.49. The standard InChI is InChI=1S/C32H29FN6O3/c1-18-12-20-14-25(36-24(20)15-27(18)38-17-32(10-5-11-32)37-31(38)41)29(40)22-16-35-39(30(22)34)26-9-8-21(13-19(26)2)42-28-7-4-3-6-23(28)33/h3-4,6-9,12-16,36H,5,10-11,17,34H2,1-2H3,(H,37,41). The number of aryl methyl sites for hydroxylation is 2. The Kier molecular flexibility index (Phi) is 5.82. The Hall–Kier alpha value is -5.12. The topological polar surface area (TPSA) is 118 Å². The molecule has 1 aliphatic heterocycles. The highest BCUT2D eigenvalue weighted by Gasteiger charge is 2.47. The number of amides is 2. The summed E-state index contributed by atoms with van der Waals surface area (Å²) in [6.45, 7) is 4.48. The molecule has 2 aliphatic rings. The van der Waals surface area contributed by atoms with E-state index in [1.165, 1.54) is 16.9 Å². The zero-order chi connectivity index (χ0) is 29.2. The number of halogens is 1. The number of hydrogen-bond donors (Lipinski definition) is 3. The predicted molar refractivity (Wildman–Crippen MR) is 158 cm³/mol. The van der Waals surface area contributed by atoms with Gasteiger partial charge in [0.05, 0.1) is 40.9 Å². The highest BCUT2D eigenvalue weighted by atomic mass is 19.1. The lowest BCUT2D eigenvalue weighted by molar-refractivity contribution is 0.103. The first kappa shape index (κ1) is 25.8. The van der Waals surface area contributed by atoms with E-state index in [4.69, 9.17) is 10.5 Å². The van der Waals surface area contributed by atoms with E-state index in [9.17, 15) is 14.0 Å². The highest BCUT2D eigenvalue weighted by molar-refractivity contribution is 6.13. The normalized spacial score (nSPS) is 15.7. The molecule has 2 fully saturated rings. The molecule has 2 amide bonds. The van der Waals surface area contributed by atoms with Crippen LogP contribution in [0, 0.1) is 19.7 Å². The number of ketones is 1. The van der Waals surface area contributed by atoms with Gasteiger partial charge in [-0.2, -0.15) is 5.10 Å². The molecule has 1 saturated carbocycles. The molecule has 7 rings (SSSR count). The van der Waals surface area contributed by atoms with Crippen molar-refractivity contribution in [3.8, 4) is 17.2 Å². The average Bonchev–Trinajstić information content (AvgIpc) is 3.64. The van der Waals surface area contributed by atoms with Crippen molar-refractivity contribution in [2.45, 2.75) is 38.6 Å². The molecular weight excluding hydrogens is 535 g/mol. The maximum absolute atomic E-state index is 14.0. The number of ether oxygens (including phenoxy) is 1. The molecule has 10 heteroatoms. The Morgan fingerprint density at radius 2 is 1.83 bits per heavy atom. The number of nitrogen functional groups attached to an aromatic ring is 1. The quantitative estimate of drug-likeness (QED) is 0.213. The molecule has 3 heterocycles. The number of nitrogens with two attached hydrogens (primary N) is 1. The second kappa shape index (κ2) is 9.47. The number of H-pyrrole nitrogens is 1. The minimum atomic E-state index is -0.453. The Morgan fingerprint density at radius 3 is 2.55 bits per heavy atom. The summed E-state index contributed by atoms with van der Waals surface area (Å²) < 4.78 is 21.2. The van der Waals surface area contributed by atoms with E-state index in [2.05, 4.69) is 15.4 Å². The molecule has 1 saturated heterocycles. The fraction of sp³-hybridized carbons (Fsp3) is 0.219. The number of fused-ring (bicyclic) bond motifs is 1. The summed E-state index contributed by atoms with van der Waals surface area (Å²) >= 11 is 0. The molecule has 4 N–H and O–H groups in total. The average molecular weight is 565 g/mol. The van der Waals surface area contributed by atoms with Crippen molar-refractivity contribution in [1.82, 2.24) is 20.1 Å². The first-order valence-electron chi connectivity index (χ1n) is 13.9. The van der Waals surface area contributed by atoms with Gasteiger partial charge in [0.25, 0.3) is 0 Å². The zero-order valence-corrected chi connectivity index (χ0v) is 23.2. The Balaban J connectivity index is 1.15. The largest absolute Gasteiger partial charge is 0.454 e. The van der Waals surface area contributed by atoms with Crippen LogP contribution in [0.1, 0.15) is 46.4 Å². The Morgan fingerprint density at radius 1 is 1.05 bits per heavy atom. The van der Waals surface area contributed by atoms with E-state index in [0.29, 0.717) is 23.7 Å². The van der Waals surface area contributed by atoms with Crippen LogP contribution >= 0.6 is 0 Å². The number of nitrogens with one attached hydrogen (secondary N) is 2. The fourth-order valence-corrected chi connectivity index (χ4v) is 5.94. The summed E-state index contributed by atoms with van der Waals surface area (Å²) in [7, 11) is 0. The number of benzene rings is 3. The van der Waals surface area contributed by atoms with Gasteiger partial charge in [-0.3, -0.25) is 9.69 Å². The summed E-state index contributed by atoms with van der Waals surface area (Å²) in [4.78, 5) is 31.4. The number of rotatable bonds is 6. The molecule has 2 aromatic heterocycles. The van der Waals surface area contributed by atoms with Crippen molar-refractivity contribution in [2.75, 3.05) is 17.2 Å². The molecule has 42 heavy (non-hydrogen) atoms. The van der Waals surface area contributed by atoms with Gasteiger partial charge < -0.3 is 20.8 Å². The van der Waals surface area contributed by atoms with Gasteiger partial charge in [-0.05, 0) is 92.8 Å². The van der Waals surface area contributed by atoms with E-state index < -0.39 is 5.82 Å². The van der Waals surface area contributed by atoms with Gasteiger partial charge in [0.15, 0.2) is 11.6 Å². The second-order valence-corrected chi connectivity index (χ2v) is 11.2. The van der Waals surface area contributed by atoms with E-state index in [1.54, 1.807) is 47.4 Å². The van der Waals surface area contributed by atoms with Gasteiger partial charge in [0.1, 0.15) is 11.6 Å². The second-order valence-electron chi connectivity index (χ2n) is 11.2. The molecule has 0 radical (unpaired) electrons. The summed E-state index contributed by atoms with van der Waals surface area (Å²) in [5.41, 5.74) is 10.9. The van der Waals surface area contributed by atoms with Crippen molar-refractivity contribution in [2.24, 2.45) is 0 Å². The number of para-hydroxylation sites is 1. The van der Waals surface area contributed by atoms with Gasteiger partial charge in [0.2, 0.25) is 5.78 Å². The van der Waals surface area contributed by atoms with Crippen LogP contribution in [0.3, 0.4) is 0 Å². The summed E-state index contributed by atoms with van der Waals surface area (Å²) in [6.07, 6.45) is 4.58. The number of aromatic nitrogens is 3. The number of nitrogens with zero attached hydrogens (tertiary/aromatic N) is 3. The third-order valence-corrected chi connectivity index (χ3v) is 8.37. The van der Waals surface area contributed by atoms with Crippen LogP contribution in [0.15, 0.2) is 66.9 Å². The van der Waals surface area contributed by atoms with Crippen molar-refractivity contribution >= 4 is 34.2 Å². The molecule has 5 aromatic rings. The molecular formula is C32H29FN6O3. The summed E-state index contributed by atoms with van der Waals surface area (Å²) in [5, 5.41) is 8.42. The smallest absolute Gasteiger partial charge is 0.322 e. The van der Waals surface area contributed by atoms with Crippen molar-refractivity contribution in [3.63, 3.8) is 0 Å². The number of anilines is 2. The number of carbonyl (C=O) groups excluding carboxylic acids is 2. The molecule has 0 atom stereocenters. The van der Waals surface area contributed by atoms with Gasteiger partial charge in [0, 0.05) is 10.9 Å². The third-order valence-electron chi connectivity index (χ3n) is 8.37. The SMILES string of the molecule is Cc1cc2cc(C(=O)c3cnn(-c4ccc(Oc5ccccc5F)cc4C)c3N)[nH]c2cc1N1CC2(CCC2)NC1=O. The van der Waals surface area contributed by atoms with E-state index in [0.717, 1.165) is 47.0 Å². The summed E-state index contributed by atoms with van der Waals surface area (Å²) in [5.74, 6) is 0.0402. The van der Waals surface area contributed by atoms with Crippen LogP contribution < -0.4 is 20.7 Å². The maximum atomic E-state index is 14.0.